The minimum Gasteiger partial charge on any atom is -0.454 e. The van der Waals surface area contributed by atoms with Crippen LogP contribution in [0.5, 0.6) is 11.5 Å². The molecule has 0 radical (unpaired) electrons. The van der Waals surface area contributed by atoms with Gasteiger partial charge in [0.2, 0.25) is 18.6 Å². The molecule has 2 aliphatic heterocycles. The number of carbonyl (C=O) groups excluding carboxylic acids is 1. The third-order valence-corrected chi connectivity index (χ3v) is 6.81. The highest BCUT2D eigenvalue weighted by atomic mass is 32.2. The highest BCUT2D eigenvalue weighted by molar-refractivity contribution is 8.03. The summed E-state index contributed by atoms with van der Waals surface area (Å²) in [5.74, 6) is 2.95. The Hall–Kier alpha value is -3.61. The maximum absolute atomic E-state index is 12.4. The average molecular weight is 509 g/mol. The SMILES string of the molecule is C=C(NC(=O)CN1CCN(c2nc(N)nc3ccc(-c4ccc5c(c4)OCO5)nc23)CC1)SCCN. The minimum atomic E-state index is -0.0789. The molecule has 5 N–H and O–H groups in total. The van der Waals surface area contributed by atoms with E-state index in [0.717, 1.165) is 22.8 Å². The number of nitrogens with two attached hydrogens (primary N) is 2. The Bertz CT molecular complexity index is 1300. The van der Waals surface area contributed by atoms with Gasteiger partial charge in [0.15, 0.2) is 17.3 Å². The molecule has 0 spiro atoms. The van der Waals surface area contributed by atoms with Crippen molar-refractivity contribution in [1.29, 1.82) is 0 Å². The first kappa shape index (κ1) is 24.1. The molecule has 1 fully saturated rings. The second-order valence-corrected chi connectivity index (χ2v) is 9.60. The molecule has 0 bridgehead atoms. The van der Waals surface area contributed by atoms with Gasteiger partial charge in [-0.15, -0.1) is 11.8 Å². The van der Waals surface area contributed by atoms with E-state index in [1.165, 1.54) is 11.8 Å². The summed E-state index contributed by atoms with van der Waals surface area (Å²) in [4.78, 5) is 30.4. The van der Waals surface area contributed by atoms with Crippen LogP contribution in [0.1, 0.15) is 0 Å². The normalized spacial score (nSPS) is 15.3. The third kappa shape index (κ3) is 5.30. The van der Waals surface area contributed by atoms with Crippen molar-refractivity contribution in [3.8, 4) is 22.8 Å². The number of piperazine rings is 1. The lowest BCUT2D eigenvalue weighted by Crippen LogP contribution is -2.49. The van der Waals surface area contributed by atoms with Crippen LogP contribution < -0.4 is 31.2 Å². The Morgan fingerprint density at radius 3 is 2.69 bits per heavy atom. The molecule has 0 saturated carbocycles. The molecule has 11 nitrogen and oxygen atoms in total. The molecule has 2 aliphatic rings. The van der Waals surface area contributed by atoms with E-state index in [9.17, 15) is 4.79 Å². The lowest BCUT2D eigenvalue weighted by molar-refractivity contribution is -0.121. The fourth-order valence-corrected chi connectivity index (χ4v) is 4.74. The van der Waals surface area contributed by atoms with Gasteiger partial charge in [-0.3, -0.25) is 9.69 Å². The van der Waals surface area contributed by atoms with Gasteiger partial charge in [-0.1, -0.05) is 6.58 Å². The number of thioether (sulfide) groups is 1. The summed E-state index contributed by atoms with van der Waals surface area (Å²) in [5, 5.41) is 3.45. The summed E-state index contributed by atoms with van der Waals surface area (Å²) in [7, 11) is 0. The predicted molar refractivity (Wildman–Crippen MR) is 141 cm³/mol. The van der Waals surface area contributed by atoms with Crippen LogP contribution in [0.3, 0.4) is 0 Å². The molecule has 5 rings (SSSR count). The number of pyridine rings is 1. The van der Waals surface area contributed by atoms with Crippen LogP contribution in [0.25, 0.3) is 22.3 Å². The Morgan fingerprint density at radius 2 is 1.89 bits per heavy atom. The second kappa shape index (κ2) is 10.6. The molecular formula is C24H28N8O3S. The van der Waals surface area contributed by atoms with Crippen LogP contribution in [0.2, 0.25) is 0 Å². The van der Waals surface area contributed by atoms with Crippen LogP contribution >= 0.6 is 11.8 Å². The monoisotopic (exact) mass is 508 g/mol. The number of amides is 1. The van der Waals surface area contributed by atoms with Crippen molar-refractivity contribution in [3.63, 3.8) is 0 Å². The molecule has 0 unspecified atom stereocenters. The van der Waals surface area contributed by atoms with E-state index < -0.39 is 0 Å². The van der Waals surface area contributed by atoms with Gasteiger partial charge in [0, 0.05) is 44.0 Å². The van der Waals surface area contributed by atoms with E-state index in [1.54, 1.807) is 0 Å². The number of fused-ring (bicyclic) bond motifs is 2. The Balaban J connectivity index is 1.30. The maximum Gasteiger partial charge on any atom is 0.238 e. The van der Waals surface area contributed by atoms with Gasteiger partial charge < -0.3 is 31.2 Å². The van der Waals surface area contributed by atoms with Crippen LogP contribution in [0.4, 0.5) is 11.8 Å². The first-order chi connectivity index (χ1) is 17.5. The van der Waals surface area contributed by atoms with E-state index in [1.807, 2.05) is 30.3 Å². The minimum absolute atomic E-state index is 0.0789. The number of nitrogens with zero attached hydrogens (tertiary/aromatic N) is 5. The van der Waals surface area contributed by atoms with E-state index in [2.05, 4.69) is 31.7 Å². The molecule has 2 aromatic heterocycles. The van der Waals surface area contributed by atoms with Crippen molar-refractivity contribution in [2.75, 3.05) is 62.4 Å². The van der Waals surface area contributed by atoms with E-state index in [-0.39, 0.29) is 18.6 Å². The van der Waals surface area contributed by atoms with Gasteiger partial charge in [0.25, 0.3) is 0 Å². The molecule has 1 saturated heterocycles. The molecule has 1 aromatic carbocycles. The number of anilines is 2. The zero-order chi connectivity index (χ0) is 25.1. The summed E-state index contributed by atoms with van der Waals surface area (Å²) >= 11 is 1.45. The molecule has 12 heteroatoms. The number of carbonyl (C=O) groups is 1. The first-order valence-electron chi connectivity index (χ1n) is 11.6. The van der Waals surface area contributed by atoms with Crippen LogP contribution in [-0.4, -0.2) is 77.6 Å². The summed E-state index contributed by atoms with van der Waals surface area (Å²) in [6, 6.07) is 9.56. The van der Waals surface area contributed by atoms with Crippen molar-refractivity contribution in [2.24, 2.45) is 5.73 Å². The van der Waals surface area contributed by atoms with Gasteiger partial charge >= 0.3 is 0 Å². The lowest BCUT2D eigenvalue weighted by atomic mass is 10.1. The molecule has 3 aromatic rings. The van der Waals surface area contributed by atoms with Gasteiger partial charge in [-0.25, -0.2) is 9.97 Å². The van der Waals surface area contributed by atoms with Crippen molar-refractivity contribution in [3.05, 3.63) is 41.9 Å². The number of nitrogens with one attached hydrogen (secondary N) is 1. The van der Waals surface area contributed by atoms with Crippen LogP contribution in [0, 0.1) is 0 Å². The summed E-state index contributed by atoms with van der Waals surface area (Å²) in [6.07, 6.45) is 0. The Morgan fingerprint density at radius 1 is 1.08 bits per heavy atom. The molecule has 36 heavy (non-hydrogen) atoms. The summed E-state index contributed by atoms with van der Waals surface area (Å²) < 4.78 is 10.9. The number of aromatic nitrogens is 3. The van der Waals surface area contributed by atoms with Gasteiger partial charge in [-0.2, -0.15) is 4.98 Å². The quantitative estimate of drug-likeness (QED) is 0.406. The number of hydrogen-bond acceptors (Lipinski definition) is 11. The van der Waals surface area contributed by atoms with Crippen molar-refractivity contribution < 1.29 is 14.3 Å². The van der Waals surface area contributed by atoms with E-state index in [0.29, 0.717) is 66.9 Å². The Kier molecular flexibility index (Phi) is 7.07. The lowest BCUT2D eigenvalue weighted by Gasteiger charge is -2.35. The largest absolute Gasteiger partial charge is 0.454 e. The number of benzene rings is 1. The summed E-state index contributed by atoms with van der Waals surface area (Å²) in [6.45, 7) is 7.67. The van der Waals surface area contributed by atoms with Crippen molar-refractivity contribution >= 4 is 40.5 Å². The molecular weight excluding hydrogens is 480 g/mol. The van der Waals surface area contributed by atoms with E-state index in [4.69, 9.17) is 25.9 Å². The standard InChI is InChI=1S/C24H28N8O3S/c1-15(36-11-6-25)27-21(33)13-31-7-9-32(10-8-31)23-22-18(29-24(26)30-23)4-3-17(28-22)16-2-5-19-20(12-16)35-14-34-19/h2-5,12H,1,6-11,13-14,25H2,(H,27,33)(H2,26,29,30). The highest BCUT2D eigenvalue weighted by Gasteiger charge is 2.23. The highest BCUT2D eigenvalue weighted by Crippen LogP contribution is 2.36. The number of ether oxygens (including phenoxy) is 2. The predicted octanol–water partition coefficient (Wildman–Crippen LogP) is 1.40. The summed E-state index contributed by atoms with van der Waals surface area (Å²) in [5.41, 5.74) is 14.6. The molecule has 188 valence electrons. The molecule has 4 heterocycles. The van der Waals surface area contributed by atoms with Crippen LogP contribution in [0.15, 0.2) is 41.9 Å². The second-order valence-electron chi connectivity index (χ2n) is 8.41. The third-order valence-electron chi connectivity index (χ3n) is 5.92. The fourth-order valence-electron chi connectivity index (χ4n) is 4.19. The van der Waals surface area contributed by atoms with Crippen molar-refractivity contribution in [2.45, 2.75) is 0 Å². The molecule has 0 aliphatic carbocycles. The van der Waals surface area contributed by atoms with Gasteiger partial charge in [0.1, 0.15) is 5.52 Å². The number of nitrogen functional groups attached to an aromatic ring is 1. The zero-order valence-electron chi connectivity index (χ0n) is 19.8. The maximum atomic E-state index is 12.4. The topological polar surface area (TPSA) is 145 Å². The van der Waals surface area contributed by atoms with Gasteiger partial charge in [0.05, 0.1) is 22.8 Å². The first-order valence-corrected chi connectivity index (χ1v) is 12.6. The molecule has 0 atom stereocenters. The van der Waals surface area contributed by atoms with E-state index >= 15 is 0 Å². The average Bonchev–Trinajstić information content (AvgIpc) is 3.35. The van der Waals surface area contributed by atoms with Gasteiger partial charge in [-0.05, 0) is 30.3 Å². The van der Waals surface area contributed by atoms with Crippen molar-refractivity contribution in [1.82, 2.24) is 25.2 Å². The molecule has 1 amide bonds. The fraction of sp³-hybridized carbons (Fsp3) is 0.333. The Labute approximate surface area is 212 Å². The zero-order valence-corrected chi connectivity index (χ0v) is 20.6. The van der Waals surface area contributed by atoms with Crippen LogP contribution in [-0.2, 0) is 4.79 Å². The number of rotatable bonds is 8. The number of hydrogen-bond donors (Lipinski definition) is 3. The smallest absolute Gasteiger partial charge is 0.238 e.